The van der Waals surface area contributed by atoms with Gasteiger partial charge in [0, 0.05) is 62.9 Å². The predicted molar refractivity (Wildman–Crippen MR) is 243 cm³/mol. The molecule has 8 unspecified atom stereocenters. The topological polar surface area (TPSA) is 242 Å². The molecule has 12 rings (SSSR count). The van der Waals surface area contributed by atoms with E-state index >= 15 is 0 Å². The number of carboxylic acid groups (broad SMARTS) is 1. The molecule has 4 N–H and O–H groups in total. The first-order chi connectivity index (χ1) is 31.6. The Hall–Kier alpha value is -1.98. The molecule has 0 radical (unpaired) electrons. The third-order valence-electron chi connectivity index (χ3n) is 17.2. The van der Waals surface area contributed by atoms with Gasteiger partial charge in [0.05, 0.1) is 66.1 Å². The van der Waals surface area contributed by atoms with E-state index in [9.17, 15) is 19.2 Å². The molecule has 0 spiro atoms. The van der Waals surface area contributed by atoms with Crippen molar-refractivity contribution in [1.29, 1.82) is 0 Å². The Morgan fingerprint density at radius 3 is 1.42 bits per heavy atom. The third kappa shape index (κ3) is 14.6. The molecule has 17 nitrogen and oxygen atoms in total. The van der Waals surface area contributed by atoms with Crippen LogP contribution < -0.4 is 18.9 Å². The number of carboxylic acids is 1. The molecule has 0 aromatic carbocycles. The number of carbonyl (C=O) groups excluding carboxylic acids is 3. The first-order valence-corrected chi connectivity index (χ1v) is 25.3. The maximum absolute atomic E-state index is 11.7. The van der Waals surface area contributed by atoms with Crippen molar-refractivity contribution in [2.24, 2.45) is 82.9 Å². The monoisotopic (exact) mass is 973 g/mol. The molecule has 8 heterocycles. The van der Waals surface area contributed by atoms with E-state index in [1.165, 1.54) is 12.0 Å². The summed E-state index contributed by atoms with van der Waals surface area (Å²) in [5.41, 5.74) is 1.20. The van der Waals surface area contributed by atoms with Gasteiger partial charge in [0.25, 0.3) is 0 Å². The summed E-state index contributed by atoms with van der Waals surface area (Å²) >= 11 is 0. The second kappa shape index (κ2) is 26.8. The Labute approximate surface area is 420 Å². The summed E-state index contributed by atoms with van der Waals surface area (Å²) in [6.07, 6.45) is 14.9. The zero-order valence-electron chi connectivity index (χ0n) is 40.6. The molecule has 12 fully saturated rings. The Kier molecular flexibility index (Phi) is 22.5. The van der Waals surface area contributed by atoms with Gasteiger partial charge in [0.15, 0.2) is 25.2 Å². The van der Waals surface area contributed by atoms with Gasteiger partial charge in [0.2, 0.25) is 0 Å². The Morgan fingerprint density at radius 2 is 0.928 bits per heavy atom. The van der Waals surface area contributed by atoms with Crippen molar-refractivity contribution in [2.45, 2.75) is 136 Å². The minimum Gasteiger partial charge on any atom is -0.870 e. The average Bonchev–Trinajstić information content (AvgIpc) is 3.55. The van der Waals surface area contributed by atoms with Crippen LogP contribution in [0.15, 0.2) is 11.6 Å². The van der Waals surface area contributed by atoms with E-state index in [0.717, 1.165) is 110 Å². The number of rotatable bonds is 7. The van der Waals surface area contributed by atoms with Crippen LogP contribution in [0.5, 0.6) is 0 Å². The van der Waals surface area contributed by atoms with Gasteiger partial charge < -0.3 is 63.4 Å². The Morgan fingerprint density at radius 1 is 0.522 bits per heavy atom. The zero-order chi connectivity index (χ0) is 45.0. The van der Waals surface area contributed by atoms with Crippen molar-refractivity contribution in [3.8, 4) is 0 Å². The Bertz CT molecular complexity index is 1700. The fourth-order valence-corrected chi connectivity index (χ4v) is 13.6. The molecular weight excluding hydrogens is 891 g/mol. The van der Waals surface area contributed by atoms with Gasteiger partial charge in [-0.05, 0) is 130 Å². The molecule has 69 heavy (non-hydrogen) atoms. The molecule has 0 aromatic heterocycles. The summed E-state index contributed by atoms with van der Waals surface area (Å²) in [5, 5.41) is 8.93. The van der Waals surface area contributed by atoms with Crippen LogP contribution in [0.25, 0.3) is 0 Å². The molecule has 388 valence electrons. The molecule has 4 aliphatic carbocycles. The quantitative estimate of drug-likeness (QED) is 0.219. The van der Waals surface area contributed by atoms with Crippen molar-refractivity contribution in [2.75, 3.05) is 66.1 Å². The minimum atomic E-state index is -0.678. The normalized spacial score (nSPS) is 41.7. The van der Waals surface area contributed by atoms with E-state index < -0.39 is 5.97 Å². The van der Waals surface area contributed by atoms with Crippen molar-refractivity contribution in [3.63, 3.8) is 0 Å². The molecule has 0 aromatic rings. The predicted octanol–water partition coefficient (Wildman–Crippen LogP) is 2.98. The molecule has 8 saturated heterocycles. The van der Waals surface area contributed by atoms with Crippen molar-refractivity contribution < 1.29 is 101 Å². The standard InChI is InChI=1S/C14H22O4.C14H20O4.C12H18O4.C10H14O3.CH4.Li.2H2O/c2*1-2-16-13(15)5-9-3-12-8-18-14-6-10(12)4-11(9)7-17-14;13-11(14)3-7-1-10-6-16-12-4-8(10)2-9(7)5-15-12;11-9-2-7-4-12-10-3-6(7)1-8(9)5-13-10;;;;/h9-12,14H,2-8H2,1H3;5,10-12,14H,2-4,6-8H2,1H3;7-10,12H,1-6H2,(H,13,14);6-8,10H,1-5H2;1H4;;2*1H2/q;;;;;+1;;/p-1/b;9-5+;;;;;;/t9-,10?,11?,12+,14-;10?,11?,12-,14+;7-,8?,9?,10+,12-;6?,7-,8?,10-;;;;/m0101..../s1. The SMILES string of the molecule is C.CCOC(=O)/C=C1\C[C@@H]2CO[C@H]3CC2CC1CO3.CCOC(=O)C[C@@H]1C[C@@H]2CO[C@H]3CC2CC1CO3.O.O=C(O)C[C@@H]1C[C@@H]2CO[C@H]3CC2CC1CO3.O=C1C[C@@H]2CO[C@H]3CC2CC1CO3.[Li+].[OH-]. The van der Waals surface area contributed by atoms with E-state index in [2.05, 4.69) is 0 Å². The fourth-order valence-electron chi connectivity index (χ4n) is 13.6. The van der Waals surface area contributed by atoms with Crippen LogP contribution in [-0.4, -0.2) is 131 Å². The van der Waals surface area contributed by atoms with E-state index in [0.29, 0.717) is 123 Å². The van der Waals surface area contributed by atoms with Crippen LogP contribution in [0.3, 0.4) is 0 Å². The summed E-state index contributed by atoms with van der Waals surface area (Å²) < 4.78 is 55.5. The average molecular weight is 973 g/mol. The van der Waals surface area contributed by atoms with Crippen LogP contribution in [0.1, 0.15) is 111 Å². The number of aliphatic carboxylic acids is 1. The fraction of sp³-hybridized carbons (Fsp3) is 0.882. The number of Topliss-reactive ketones (excluding diaryl/α,β-unsaturated/α-hetero) is 1. The van der Waals surface area contributed by atoms with Crippen LogP contribution >= 0.6 is 0 Å². The van der Waals surface area contributed by atoms with E-state index in [1.54, 1.807) is 6.08 Å². The van der Waals surface area contributed by atoms with Gasteiger partial charge in [-0.2, -0.15) is 0 Å². The smallest absolute Gasteiger partial charge is 0.870 e. The maximum Gasteiger partial charge on any atom is 1.00 e. The second-order valence-corrected chi connectivity index (χ2v) is 21.2. The molecule has 4 saturated carbocycles. The van der Waals surface area contributed by atoms with Crippen molar-refractivity contribution in [1.82, 2.24) is 0 Å². The summed E-state index contributed by atoms with van der Waals surface area (Å²) in [6, 6.07) is 0. The summed E-state index contributed by atoms with van der Waals surface area (Å²) in [4.78, 5) is 45.7. The van der Waals surface area contributed by atoms with Gasteiger partial charge in [0.1, 0.15) is 5.78 Å². The van der Waals surface area contributed by atoms with E-state index in [1.807, 2.05) is 13.8 Å². The largest absolute Gasteiger partial charge is 1.00 e. The number of fused-ring (bicyclic) bond motifs is 8. The molecule has 18 atom stereocenters. The Balaban J connectivity index is 0.000000169. The molecule has 12 aliphatic rings. The van der Waals surface area contributed by atoms with Gasteiger partial charge in [-0.1, -0.05) is 13.0 Å². The number of hydrogen-bond donors (Lipinski definition) is 1. The summed E-state index contributed by atoms with van der Waals surface area (Å²) in [5.74, 6) is 6.73. The number of ether oxygens (including phenoxy) is 10. The molecular formula is C51H81LiO17. The maximum atomic E-state index is 11.7. The molecule has 18 heteroatoms. The molecule has 8 aliphatic heterocycles. The van der Waals surface area contributed by atoms with E-state index in [4.69, 9.17) is 52.5 Å². The number of ketones is 1. The van der Waals surface area contributed by atoms with E-state index in [-0.39, 0.29) is 80.3 Å². The minimum absolute atomic E-state index is 0. The molecule has 0 amide bonds. The summed E-state index contributed by atoms with van der Waals surface area (Å²) in [6.45, 7) is 10.4. The van der Waals surface area contributed by atoms with Crippen LogP contribution in [0.4, 0.5) is 0 Å². The summed E-state index contributed by atoms with van der Waals surface area (Å²) in [7, 11) is 0. The van der Waals surface area contributed by atoms with Crippen molar-refractivity contribution >= 4 is 23.7 Å². The van der Waals surface area contributed by atoms with Crippen LogP contribution in [-0.2, 0) is 66.5 Å². The first-order valence-electron chi connectivity index (χ1n) is 25.3. The number of carbonyl (C=O) groups is 4. The third-order valence-corrected chi connectivity index (χ3v) is 17.2. The van der Waals surface area contributed by atoms with Gasteiger partial charge in [-0.25, -0.2) is 4.79 Å². The van der Waals surface area contributed by atoms with Crippen LogP contribution in [0, 0.1) is 82.9 Å². The molecule has 12 bridgehead atoms. The van der Waals surface area contributed by atoms with Crippen LogP contribution in [0.2, 0.25) is 0 Å². The second-order valence-electron chi connectivity index (χ2n) is 21.2. The van der Waals surface area contributed by atoms with Gasteiger partial charge in [-0.3, -0.25) is 14.4 Å². The van der Waals surface area contributed by atoms with Crippen molar-refractivity contribution in [3.05, 3.63) is 11.6 Å². The van der Waals surface area contributed by atoms with Gasteiger partial charge >= 0.3 is 36.8 Å². The zero-order valence-corrected chi connectivity index (χ0v) is 40.6. The number of esters is 2. The van der Waals surface area contributed by atoms with Gasteiger partial charge in [-0.15, -0.1) is 0 Å². The first kappa shape index (κ1) is 57.9. The number of hydrogen-bond acceptors (Lipinski definition) is 15.